The first kappa shape index (κ1) is 10.1. The molecule has 0 aromatic rings. The number of ketones is 2. The molecule has 4 heteroatoms. The van der Waals surface area contributed by atoms with Crippen molar-refractivity contribution in [2.75, 3.05) is 19.6 Å². The van der Waals surface area contributed by atoms with E-state index in [1.807, 2.05) is 4.90 Å². The Balaban J connectivity index is 2.21. The SMILES string of the molecule is NCC1=CC(=O)C(N2CCCC2)=CC1=O. The monoisotopic (exact) mass is 206 g/mol. The summed E-state index contributed by atoms with van der Waals surface area (Å²) in [6, 6.07) is 0. The zero-order valence-electron chi connectivity index (χ0n) is 8.53. The first-order valence-corrected chi connectivity index (χ1v) is 5.18. The van der Waals surface area contributed by atoms with E-state index < -0.39 is 0 Å². The van der Waals surface area contributed by atoms with Crippen LogP contribution in [0.3, 0.4) is 0 Å². The fourth-order valence-electron chi connectivity index (χ4n) is 1.96. The standard InChI is InChI=1S/C11H14N2O2/c12-7-8-5-11(15)9(6-10(8)14)13-3-1-2-4-13/h5-6H,1-4,7,12H2. The third-order valence-electron chi connectivity index (χ3n) is 2.81. The first-order chi connectivity index (χ1) is 7.22. The molecule has 0 atom stereocenters. The van der Waals surface area contributed by atoms with E-state index >= 15 is 0 Å². The maximum absolute atomic E-state index is 11.7. The Morgan fingerprint density at radius 3 is 2.40 bits per heavy atom. The van der Waals surface area contributed by atoms with Crippen LogP contribution >= 0.6 is 0 Å². The number of allylic oxidation sites excluding steroid dienone is 2. The zero-order chi connectivity index (χ0) is 10.8. The molecule has 1 aliphatic heterocycles. The summed E-state index contributed by atoms with van der Waals surface area (Å²) >= 11 is 0. The third-order valence-corrected chi connectivity index (χ3v) is 2.81. The summed E-state index contributed by atoms with van der Waals surface area (Å²) in [5, 5.41) is 0. The summed E-state index contributed by atoms with van der Waals surface area (Å²) in [5.41, 5.74) is 6.31. The third kappa shape index (κ3) is 1.85. The van der Waals surface area contributed by atoms with Gasteiger partial charge in [-0.15, -0.1) is 0 Å². The van der Waals surface area contributed by atoms with Gasteiger partial charge in [-0.1, -0.05) is 0 Å². The summed E-state index contributed by atoms with van der Waals surface area (Å²) in [5.74, 6) is -0.212. The van der Waals surface area contributed by atoms with Gasteiger partial charge < -0.3 is 10.6 Å². The topological polar surface area (TPSA) is 63.4 Å². The number of hydrogen-bond acceptors (Lipinski definition) is 4. The highest BCUT2D eigenvalue weighted by Crippen LogP contribution is 2.19. The van der Waals surface area contributed by atoms with Crippen molar-refractivity contribution in [3.8, 4) is 0 Å². The van der Waals surface area contributed by atoms with E-state index in [9.17, 15) is 9.59 Å². The molecule has 2 rings (SSSR count). The number of carbonyl (C=O) groups is 2. The number of hydrogen-bond donors (Lipinski definition) is 1. The van der Waals surface area contributed by atoms with E-state index in [1.54, 1.807) is 0 Å². The van der Waals surface area contributed by atoms with E-state index in [1.165, 1.54) is 12.2 Å². The molecule has 0 bridgehead atoms. The molecule has 0 unspecified atom stereocenters. The van der Waals surface area contributed by atoms with Crippen LogP contribution in [0.25, 0.3) is 0 Å². The molecule has 0 saturated carbocycles. The highest BCUT2D eigenvalue weighted by atomic mass is 16.1. The molecule has 1 saturated heterocycles. The van der Waals surface area contributed by atoms with Crippen molar-refractivity contribution in [2.24, 2.45) is 5.73 Å². The van der Waals surface area contributed by atoms with Crippen LogP contribution in [-0.4, -0.2) is 36.1 Å². The van der Waals surface area contributed by atoms with E-state index in [0.717, 1.165) is 25.9 Å². The summed E-state index contributed by atoms with van der Waals surface area (Å²) < 4.78 is 0. The molecule has 0 radical (unpaired) electrons. The fourth-order valence-corrected chi connectivity index (χ4v) is 1.96. The average Bonchev–Trinajstić information content (AvgIpc) is 2.74. The van der Waals surface area contributed by atoms with Crippen LogP contribution in [0, 0.1) is 0 Å². The molecule has 80 valence electrons. The van der Waals surface area contributed by atoms with Crippen molar-refractivity contribution in [3.05, 3.63) is 23.4 Å². The Morgan fingerprint density at radius 1 is 1.13 bits per heavy atom. The molecule has 0 aromatic carbocycles. The van der Waals surface area contributed by atoms with Gasteiger partial charge in [0.1, 0.15) is 0 Å². The Morgan fingerprint density at radius 2 is 1.80 bits per heavy atom. The normalized spacial score (nSPS) is 21.8. The van der Waals surface area contributed by atoms with Gasteiger partial charge in [-0.3, -0.25) is 9.59 Å². The predicted molar refractivity (Wildman–Crippen MR) is 56.0 cm³/mol. The zero-order valence-corrected chi connectivity index (χ0v) is 8.53. The van der Waals surface area contributed by atoms with Crippen LogP contribution in [-0.2, 0) is 9.59 Å². The molecule has 1 heterocycles. The highest BCUT2D eigenvalue weighted by molar-refractivity contribution is 6.19. The van der Waals surface area contributed by atoms with Gasteiger partial charge in [0.05, 0.1) is 5.70 Å². The van der Waals surface area contributed by atoms with Crippen LogP contribution in [0.1, 0.15) is 12.8 Å². The van der Waals surface area contributed by atoms with Gasteiger partial charge in [0.25, 0.3) is 0 Å². The summed E-state index contributed by atoms with van der Waals surface area (Å²) in [4.78, 5) is 25.2. The lowest BCUT2D eigenvalue weighted by Gasteiger charge is -2.21. The molecule has 1 aliphatic carbocycles. The summed E-state index contributed by atoms with van der Waals surface area (Å²) in [7, 11) is 0. The molecule has 2 aliphatic rings. The van der Waals surface area contributed by atoms with E-state index in [4.69, 9.17) is 5.73 Å². The smallest absolute Gasteiger partial charge is 0.202 e. The fraction of sp³-hybridized carbons (Fsp3) is 0.455. The van der Waals surface area contributed by atoms with Crippen LogP contribution in [0.15, 0.2) is 23.4 Å². The number of nitrogens with zero attached hydrogens (tertiary/aromatic N) is 1. The molecule has 1 fully saturated rings. The number of carbonyl (C=O) groups excluding carboxylic acids is 2. The lowest BCUT2D eigenvalue weighted by Crippen LogP contribution is -2.29. The molecule has 0 amide bonds. The quantitative estimate of drug-likeness (QED) is 0.646. The van der Waals surface area contributed by atoms with Crippen molar-refractivity contribution in [3.63, 3.8) is 0 Å². The second-order valence-electron chi connectivity index (χ2n) is 3.83. The number of nitrogens with two attached hydrogens (primary N) is 1. The Labute approximate surface area is 88.4 Å². The summed E-state index contributed by atoms with van der Waals surface area (Å²) in [6.45, 7) is 1.88. The highest BCUT2D eigenvalue weighted by Gasteiger charge is 2.25. The van der Waals surface area contributed by atoms with Crippen LogP contribution in [0.4, 0.5) is 0 Å². The summed E-state index contributed by atoms with van der Waals surface area (Å²) in [6.07, 6.45) is 4.98. The average molecular weight is 206 g/mol. The van der Waals surface area contributed by atoms with Gasteiger partial charge >= 0.3 is 0 Å². The van der Waals surface area contributed by atoms with Crippen molar-refractivity contribution < 1.29 is 9.59 Å². The molecular weight excluding hydrogens is 192 g/mol. The first-order valence-electron chi connectivity index (χ1n) is 5.18. The molecular formula is C11H14N2O2. The molecule has 2 N–H and O–H groups in total. The Kier molecular flexibility index (Phi) is 2.68. The van der Waals surface area contributed by atoms with Gasteiger partial charge in [0, 0.05) is 31.3 Å². The largest absolute Gasteiger partial charge is 0.368 e. The Bertz CT molecular complexity index is 363. The van der Waals surface area contributed by atoms with Crippen LogP contribution in [0.5, 0.6) is 0 Å². The second kappa shape index (κ2) is 3.98. The minimum atomic E-state index is -0.126. The number of rotatable bonds is 2. The molecule has 4 nitrogen and oxygen atoms in total. The van der Waals surface area contributed by atoms with Crippen molar-refractivity contribution in [1.82, 2.24) is 4.90 Å². The van der Waals surface area contributed by atoms with Gasteiger partial charge in [-0.25, -0.2) is 0 Å². The van der Waals surface area contributed by atoms with Crippen molar-refractivity contribution >= 4 is 11.6 Å². The van der Waals surface area contributed by atoms with Gasteiger partial charge in [0.15, 0.2) is 5.78 Å². The molecule has 0 aromatic heterocycles. The van der Waals surface area contributed by atoms with Crippen molar-refractivity contribution in [1.29, 1.82) is 0 Å². The van der Waals surface area contributed by atoms with Crippen LogP contribution < -0.4 is 5.73 Å². The minimum Gasteiger partial charge on any atom is -0.368 e. The Hall–Kier alpha value is -1.42. The van der Waals surface area contributed by atoms with Crippen molar-refractivity contribution in [2.45, 2.75) is 12.8 Å². The van der Waals surface area contributed by atoms with E-state index in [2.05, 4.69) is 0 Å². The lowest BCUT2D eigenvalue weighted by atomic mass is 10.0. The predicted octanol–water partition coefficient (Wildman–Crippen LogP) is 0.00300. The second-order valence-corrected chi connectivity index (χ2v) is 3.83. The maximum atomic E-state index is 11.7. The maximum Gasteiger partial charge on any atom is 0.202 e. The molecule has 15 heavy (non-hydrogen) atoms. The lowest BCUT2D eigenvalue weighted by molar-refractivity contribution is -0.116. The van der Waals surface area contributed by atoms with Gasteiger partial charge in [-0.05, 0) is 18.9 Å². The van der Waals surface area contributed by atoms with E-state index in [-0.39, 0.29) is 18.1 Å². The van der Waals surface area contributed by atoms with Gasteiger partial charge in [-0.2, -0.15) is 0 Å². The van der Waals surface area contributed by atoms with Crippen LogP contribution in [0.2, 0.25) is 0 Å². The van der Waals surface area contributed by atoms with E-state index in [0.29, 0.717) is 11.3 Å². The minimum absolute atomic E-state index is 0.0862. The molecule has 0 spiro atoms. The van der Waals surface area contributed by atoms with Gasteiger partial charge in [0.2, 0.25) is 5.78 Å². The number of likely N-dealkylation sites (tertiary alicyclic amines) is 1.